The first-order chi connectivity index (χ1) is 15.0. The summed E-state index contributed by atoms with van der Waals surface area (Å²) in [6, 6.07) is 14.5. The Balaban J connectivity index is 1.62. The molecule has 4 rings (SSSR count). The Morgan fingerprint density at radius 1 is 1.03 bits per heavy atom. The van der Waals surface area contributed by atoms with Crippen molar-refractivity contribution in [3.8, 4) is 16.9 Å². The molecule has 10 heteroatoms. The van der Waals surface area contributed by atoms with Crippen molar-refractivity contribution >= 4 is 20.9 Å². The van der Waals surface area contributed by atoms with Gasteiger partial charge in [-0.1, -0.05) is 30.3 Å². The maximum Gasteiger partial charge on any atom is 0.419 e. The summed E-state index contributed by atoms with van der Waals surface area (Å²) in [5.74, 6) is -1.76. The van der Waals surface area contributed by atoms with Crippen LogP contribution >= 0.6 is 0 Å². The number of fused-ring (bicyclic) bond motifs is 1. The van der Waals surface area contributed by atoms with Crippen LogP contribution in [0.2, 0.25) is 0 Å². The zero-order valence-corrected chi connectivity index (χ0v) is 17.4. The van der Waals surface area contributed by atoms with E-state index >= 15 is 0 Å². The molecule has 0 saturated heterocycles. The highest BCUT2D eigenvalue weighted by Gasteiger charge is 2.35. The van der Waals surface area contributed by atoms with Gasteiger partial charge in [-0.25, -0.2) is 17.8 Å². The number of benzene rings is 3. The molecule has 0 radical (unpaired) electrons. The van der Waals surface area contributed by atoms with Gasteiger partial charge in [0, 0.05) is 11.8 Å². The molecule has 1 aromatic heterocycles. The number of aromatic amines is 1. The molecule has 0 saturated carbocycles. The zero-order chi connectivity index (χ0) is 23.1. The van der Waals surface area contributed by atoms with Crippen LogP contribution in [0.4, 0.5) is 17.6 Å². The average molecular weight is 464 g/mol. The van der Waals surface area contributed by atoms with Crippen LogP contribution in [0.15, 0.2) is 65.6 Å². The number of alkyl halides is 3. The number of imidazole rings is 1. The molecular weight excluding hydrogens is 448 g/mol. The Bertz CT molecular complexity index is 1410. The Morgan fingerprint density at radius 2 is 1.78 bits per heavy atom. The molecule has 4 aromatic rings. The van der Waals surface area contributed by atoms with Gasteiger partial charge in [0.1, 0.15) is 12.4 Å². The summed E-state index contributed by atoms with van der Waals surface area (Å²) in [7, 11) is -3.45. The predicted octanol–water partition coefficient (Wildman–Crippen LogP) is 5.37. The number of hydrogen-bond donors (Lipinski definition) is 1. The molecule has 166 valence electrons. The number of halogens is 4. The lowest BCUT2D eigenvalue weighted by Gasteiger charge is -2.11. The molecule has 5 nitrogen and oxygen atoms in total. The number of hydrogen-bond acceptors (Lipinski definition) is 4. The summed E-state index contributed by atoms with van der Waals surface area (Å²) in [6.45, 7) is -0.290. The standard InChI is InChI=1S/C22H16F4N2O3S/c1-32(29,30)19-8-3-2-5-14(19)13-9-10-16-17(11-13)28-20(27-16)12-31-18-7-4-6-15(21(18)23)22(24,25)26/h2-11H,12H2,1H3,(H,27,28). The summed E-state index contributed by atoms with van der Waals surface area (Å²) in [5, 5.41) is 0. The normalized spacial score (nSPS) is 12.3. The zero-order valence-electron chi connectivity index (χ0n) is 16.6. The fraction of sp³-hybridized carbons (Fsp3) is 0.136. The first-order valence-electron chi connectivity index (χ1n) is 9.30. The van der Waals surface area contributed by atoms with Crippen molar-refractivity contribution in [2.24, 2.45) is 0 Å². The minimum Gasteiger partial charge on any atom is -0.483 e. The molecule has 32 heavy (non-hydrogen) atoms. The second-order valence-electron chi connectivity index (χ2n) is 7.09. The number of rotatable bonds is 5. The molecule has 1 heterocycles. The van der Waals surface area contributed by atoms with Crippen LogP contribution in [0.25, 0.3) is 22.2 Å². The summed E-state index contributed by atoms with van der Waals surface area (Å²) in [6.07, 6.45) is -3.71. The number of ether oxygens (including phenoxy) is 1. The minimum atomic E-state index is -4.83. The first kappa shape index (κ1) is 21.8. The second kappa shape index (κ2) is 7.94. The quantitative estimate of drug-likeness (QED) is 0.403. The number of nitrogens with zero attached hydrogens (tertiary/aromatic N) is 1. The fourth-order valence-electron chi connectivity index (χ4n) is 3.31. The van der Waals surface area contributed by atoms with E-state index in [4.69, 9.17) is 4.74 Å². The minimum absolute atomic E-state index is 0.179. The molecule has 0 spiro atoms. The van der Waals surface area contributed by atoms with Crippen molar-refractivity contribution in [2.75, 3.05) is 6.26 Å². The third-order valence-electron chi connectivity index (χ3n) is 4.76. The van der Waals surface area contributed by atoms with E-state index < -0.39 is 33.1 Å². The van der Waals surface area contributed by atoms with Gasteiger partial charge in [-0.3, -0.25) is 0 Å². The number of nitrogens with one attached hydrogen (secondary N) is 1. The van der Waals surface area contributed by atoms with Crippen molar-refractivity contribution in [2.45, 2.75) is 17.7 Å². The van der Waals surface area contributed by atoms with Gasteiger partial charge >= 0.3 is 6.18 Å². The van der Waals surface area contributed by atoms with Gasteiger partial charge in [-0.05, 0) is 35.9 Å². The summed E-state index contributed by atoms with van der Waals surface area (Å²) >= 11 is 0. The van der Waals surface area contributed by atoms with E-state index in [1.807, 2.05) is 0 Å². The van der Waals surface area contributed by atoms with Gasteiger partial charge in [0.25, 0.3) is 0 Å². The molecule has 0 unspecified atom stereocenters. The Kier molecular flexibility index (Phi) is 5.41. The molecule has 0 aliphatic heterocycles. The lowest BCUT2D eigenvalue weighted by Crippen LogP contribution is -2.09. The van der Waals surface area contributed by atoms with Crippen molar-refractivity contribution in [3.63, 3.8) is 0 Å². The first-order valence-corrected chi connectivity index (χ1v) is 11.2. The third-order valence-corrected chi connectivity index (χ3v) is 5.92. The summed E-state index contributed by atoms with van der Waals surface area (Å²) in [4.78, 5) is 7.47. The van der Waals surface area contributed by atoms with E-state index in [9.17, 15) is 26.0 Å². The largest absolute Gasteiger partial charge is 0.483 e. The topological polar surface area (TPSA) is 72.0 Å². The van der Waals surface area contributed by atoms with Gasteiger partial charge in [-0.2, -0.15) is 13.2 Å². The van der Waals surface area contributed by atoms with Crippen LogP contribution in [0.5, 0.6) is 5.75 Å². The van der Waals surface area contributed by atoms with Crippen molar-refractivity contribution < 1.29 is 30.7 Å². The molecule has 3 aromatic carbocycles. The van der Waals surface area contributed by atoms with E-state index in [-0.39, 0.29) is 17.3 Å². The monoisotopic (exact) mass is 464 g/mol. The van der Waals surface area contributed by atoms with Crippen molar-refractivity contribution in [3.05, 3.63) is 77.9 Å². The number of sulfone groups is 1. The van der Waals surface area contributed by atoms with Crippen LogP contribution in [-0.2, 0) is 22.6 Å². The van der Waals surface area contributed by atoms with Crippen molar-refractivity contribution in [1.29, 1.82) is 0 Å². The molecule has 0 aliphatic carbocycles. The van der Waals surface area contributed by atoms with E-state index in [1.54, 1.807) is 36.4 Å². The van der Waals surface area contributed by atoms with Crippen molar-refractivity contribution in [1.82, 2.24) is 9.97 Å². The second-order valence-corrected chi connectivity index (χ2v) is 9.07. The highest BCUT2D eigenvalue weighted by atomic mass is 32.2. The summed E-state index contributed by atoms with van der Waals surface area (Å²) < 4.78 is 82.1. The molecular formula is C22H16F4N2O3S. The van der Waals surface area contributed by atoms with Gasteiger partial charge < -0.3 is 9.72 Å². The highest BCUT2D eigenvalue weighted by Crippen LogP contribution is 2.35. The van der Waals surface area contributed by atoms with Crippen LogP contribution in [-0.4, -0.2) is 24.6 Å². The van der Waals surface area contributed by atoms with Gasteiger partial charge in [0.15, 0.2) is 21.4 Å². The van der Waals surface area contributed by atoms with Gasteiger partial charge in [0.05, 0.1) is 21.5 Å². The number of aromatic nitrogens is 2. The maximum atomic E-state index is 14.1. The van der Waals surface area contributed by atoms with Crippen LogP contribution in [0.1, 0.15) is 11.4 Å². The highest BCUT2D eigenvalue weighted by molar-refractivity contribution is 7.90. The Labute approximate surface area is 180 Å². The molecule has 0 amide bonds. The van der Waals surface area contributed by atoms with E-state index in [0.29, 0.717) is 28.2 Å². The molecule has 0 aliphatic rings. The Morgan fingerprint density at radius 3 is 2.50 bits per heavy atom. The SMILES string of the molecule is CS(=O)(=O)c1ccccc1-c1ccc2[nH]c(COc3cccc(C(F)(F)F)c3F)nc2c1. The predicted molar refractivity (Wildman–Crippen MR) is 110 cm³/mol. The smallest absolute Gasteiger partial charge is 0.419 e. The number of H-pyrrole nitrogens is 1. The lowest BCUT2D eigenvalue weighted by atomic mass is 10.1. The summed E-state index contributed by atoms with van der Waals surface area (Å²) in [5.41, 5.74) is 0.835. The van der Waals surface area contributed by atoms with Gasteiger partial charge in [0.2, 0.25) is 0 Å². The third kappa shape index (κ3) is 4.31. The van der Waals surface area contributed by atoms with Gasteiger partial charge in [-0.15, -0.1) is 0 Å². The van der Waals surface area contributed by atoms with E-state index in [2.05, 4.69) is 9.97 Å². The van der Waals surface area contributed by atoms with Crippen LogP contribution in [0.3, 0.4) is 0 Å². The molecule has 1 N–H and O–H groups in total. The maximum absolute atomic E-state index is 14.1. The fourth-order valence-corrected chi connectivity index (χ4v) is 4.22. The van der Waals surface area contributed by atoms with Crippen LogP contribution < -0.4 is 4.74 Å². The molecule has 0 bridgehead atoms. The molecule has 0 atom stereocenters. The van der Waals surface area contributed by atoms with E-state index in [0.717, 1.165) is 18.4 Å². The van der Waals surface area contributed by atoms with Crippen LogP contribution in [0, 0.1) is 5.82 Å². The molecule has 0 fully saturated rings. The van der Waals surface area contributed by atoms with E-state index in [1.165, 1.54) is 6.07 Å². The average Bonchev–Trinajstić information content (AvgIpc) is 3.13. The lowest BCUT2D eigenvalue weighted by molar-refractivity contribution is -0.140. The Hall–Kier alpha value is -3.40.